The molecule has 2 saturated heterocycles. The standard InChI is InChI=1S/C21H26FN5O4/c22-21(15-28)8-1-9-26(14-21)17-4-2-16(3-5-17)23-20-18(27(29)30)6-7-19(24-20)25-10-12-31-13-11-25/h2-7,28H,1,8-15H2,(H,23,24). The van der Waals surface area contributed by atoms with Crippen LogP contribution in [0.15, 0.2) is 36.4 Å². The van der Waals surface area contributed by atoms with Crippen molar-refractivity contribution in [1.29, 1.82) is 0 Å². The van der Waals surface area contributed by atoms with Crippen molar-refractivity contribution in [2.45, 2.75) is 18.5 Å². The summed E-state index contributed by atoms with van der Waals surface area (Å²) in [6.07, 6.45) is 1.02. The molecular weight excluding hydrogens is 405 g/mol. The number of alkyl halides is 1. The summed E-state index contributed by atoms with van der Waals surface area (Å²) >= 11 is 0. The molecular formula is C21H26FN5O4. The highest BCUT2D eigenvalue weighted by atomic mass is 19.1. The zero-order valence-electron chi connectivity index (χ0n) is 17.2. The van der Waals surface area contributed by atoms with Gasteiger partial charge in [0.1, 0.15) is 5.82 Å². The maximum absolute atomic E-state index is 14.5. The van der Waals surface area contributed by atoms with Gasteiger partial charge in [-0.25, -0.2) is 9.37 Å². The van der Waals surface area contributed by atoms with Gasteiger partial charge in [0.2, 0.25) is 5.82 Å². The number of nitrogens with zero attached hydrogens (tertiary/aromatic N) is 4. The first-order valence-electron chi connectivity index (χ1n) is 10.4. The highest BCUT2D eigenvalue weighted by Gasteiger charge is 2.35. The van der Waals surface area contributed by atoms with Crippen LogP contribution in [0.4, 0.5) is 33.1 Å². The lowest BCUT2D eigenvalue weighted by atomic mass is 9.95. The third kappa shape index (κ3) is 4.86. The molecule has 31 heavy (non-hydrogen) atoms. The lowest BCUT2D eigenvalue weighted by Crippen LogP contribution is -2.47. The third-order valence-corrected chi connectivity index (χ3v) is 5.70. The van der Waals surface area contributed by atoms with Crippen LogP contribution in [0.1, 0.15) is 12.8 Å². The Balaban J connectivity index is 1.52. The number of aliphatic hydroxyl groups is 1. The van der Waals surface area contributed by atoms with E-state index < -0.39 is 17.2 Å². The molecule has 0 bridgehead atoms. The first kappa shape index (κ1) is 21.3. The number of halogens is 1. The molecule has 1 aromatic carbocycles. The van der Waals surface area contributed by atoms with Gasteiger partial charge < -0.3 is 25.0 Å². The molecule has 0 aliphatic carbocycles. The van der Waals surface area contributed by atoms with Crippen molar-refractivity contribution in [1.82, 2.24) is 4.98 Å². The van der Waals surface area contributed by atoms with Gasteiger partial charge in [-0.1, -0.05) is 0 Å². The van der Waals surface area contributed by atoms with Crippen LogP contribution < -0.4 is 15.1 Å². The molecule has 4 rings (SSSR count). The number of ether oxygens (including phenoxy) is 1. The predicted molar refractivity (Wildman–Crippen MR) is 116 cm³/mol. The van der Waals surface area contributed by atoms with E-state index >= 15 is 0 Å². The molecule has 2 aliphatic rings. The molecule has 2 N–H and O–H groups in total. The number of aromatic nitrogens is 1. The van der Waals surface area contributed by atoms with Crippen molar-refractivity contribution in [2.75, 3.05) is 61.1 Å². The van der Waals surface area contributed by atoms with Crippen molar-refractivity contribution in [3.63, 3.8) is 0 Å². The second-order valence-corrected chi connectivity index (χ2v) is 7.90. The third-order valence-electron chi connectivity index (χ3n) is 5.70. The predicted octanol–water partition coefficient (Wildman–Crippen LogP) is 2.87. The molecule has 1 atom stereocenters. The van der Waals surface area contributed by atoms with Crippen molar-refractivity contribution in [3.05, 3.63) is 46.5 Å². The molecule has 1 unspecified atom stereocenters. The first-order valence-corrected chi connectivity index (χ1v) is 10.4. The number of hydrogen-bond acceptors (Lipinski definition) is 8. The Morgan fingerprint density at radius 1 is 1.16 bits per heavy atom. The molecule has 0 amide bonds. The van der Waals surface area contributed by atoms with E-state index in [0.717, 1.165) is 5.69 Å². The van der Waals surface area contributed by atoms with Crippen molar-refractivity contribution in [3.8, 4) is 0 Å². The highest BCUT2D eigenvalue weighted by molar-refractivity contribution is 5.69. The van der Waals surface area contributed by atoms with Crippen LogP contribution in [0.2, 0.25) is 0 Å². The molecule has 3 heterocycles. The Hall–Kier alpha value is -2.98. The summed E-state index contributed by atoms with van der Waals surface area (Å²) in [4.78, 5) is 19.4. The fourth-order valence-electron chi connectivity index (χ4n) is 3.98. The van der Waals surface area contributed by atoms with Gasteiger partial charge in [-0.3, -0.25) is 10.1 Å². The van der Waals surface area contributed by atoms with E-state index in [1.807, 2.05) is 21.9 Å². The summed E-state index contributed by atoms with van der Waals surface area (Å²) in [5.74, 6) is 0.826. The van der Waals surface area contributed by atoms with Gasteiger partial charge in [-0.2, -0.15) is 0 Å². The number of anilines is 4. The van der Waals surface area contributed by atoms with E-state index in [0.29, 0.717) is 57.2 Å². The average Bonchev–Trinajstić information content (AvgIpc) is 2.80. The number of pyridine rings is 1. The highest BCUT2D eigenvalue weighted by Crippen LogP contribution is 2.32. The lowest BCUT2D eigenvalue weighted by molar-refractivity contribution is -0.384. The molecule has 9 nitrogen and oxygen atoms in total. The molecule has 0 radical (unpaired) electrons. The van der Waals surface area contributed by atoms with Crippen LogP contribution in [-0.2, 0) is 4.74 Å². The maximum Gasteiger partial charge on any atom is 0.311 e. The van der Waals surface area contributed by atoms with Gasteiger partial charge in [0.15, 0.2) is 5.67 Å². The van der Waals surface area contributed by atoms with Crippen LogP contribution in [-0.4, -0.2) is 66.7 Å². The minimum atomic E-state index is -1.58. The van der Waals surface area contributed by atoms with E-state index in [4.69, 9.17) is 4.74 Å². The van der Waals surface area contributed by atoms with Crippen LogP contribution in [0.3, 0.4) is 0 Å². The lowest BCUT2D eigenvalue weighted by Gasteiger charge is -2.37. The summed E-state index contributed by atoms with van der Waals surface area (Å²) in [6, 6.07) is 10.4. The van der Waals surface area contributed by atoms with E-state index in [2.05, 4.69) is 10.3 Å². The number of rotatable bonds is 6. The fourth-order valence-corrected chi connectivity index (χ4v) is 3.98. The number of nitro groups is 1. The smallest absolute Gasteiger partial charge is 0.311 e. The van der Waals surface area contributed by atoms with E-state index in [9.17, 15) is 19.6 Å². The number of nitrogens with one attached hydrogen (secondary N) is 1. The van der Waals surface area contributed by atoms with E-state index in [1.165, 1.54) is 6.07 Å². The second-order valence-electron chi connectivity index (χ2n) is 7.90. The summed E-state index contributed by atoms with van der Waals surface area (Å²) < 4.78 is 19.9. The summed E-state index contributed by atoms with van der Waals surface area (Å²) in [5, 5.41) is 23.9. The monoisotopic (exact) mass is 431 g/mol. The molecule has 2 aliphatic heterocycles. The topological polar surface area (TPSA) is 104 Å². The number of hydrogen-bond donors (Lipinski definition) is 2. The Labute approximate surface area is 179 Å². The van der Waals surface area contributed by atoms with Crippen molar-refractivity contribution in [2.24, 2.45) is 0 Å². The van der Waals surface area contributed by atoms with Crippen molar-refractivity contribution >= 4 is 28.7 Å². The fraction of sp³-hybridized carbons (Fsp3) is 0.476. The summed E-state index contributed by atoms with van der Waals surface area (Å²) in [7, 11) is 0. The van der Waals surface area contributed by atoms with Crippen LogP contribution in [0.25, 0.3) is 0 Å². The SMILES string of the molecule is O=[N+]([O-])c1ccc(N2CCOCC2)nc1Nc1ccc(N2CCCC(F)(CO)C2)cc1. The summed E-state index contributed by atoms with van der Waals surface area (Å²) in [6.45, 7) is 2.92. The van der Waals surface area contributed by atoms with Crippen molar-refractivity contribution < 1.29 is 19.2 Å². The average molecular weight is 431 g/mol. The van der Waals surface area contributed by atoms with Crippen LogP contribution in [0.5, 0.6) is 0 Å². The van der Waals surface area contributed by atoms with E-state index in [-0.39, 0.29) is 18.1 Å². The molecule has 2 aromatic rings. The quantitative estimate of drug-likeness (QED) is 0.532. The Morgan fingerprint density at radius 3 is 2.58 bits per heavy atom. The largest absolute Gasteiger partial charge is 0.393 e. The Bertz CT molecular complexity index is 922. The van der Waals surface area contributed by atoms with E-state index in [1.54, 1.807) is 18.2 Å². The number of benzene rings is 1. The van der Waals surface area contributed by atoms with Crippen LogP contribution in [0, 0.1) is 10.1 Å². The van der Waals surface area contributed by atoms with Gasteiger partial charge in [0, 0.05) is 37.1 Å². The number of morpholine rings is 1. The molecule has 166 valence electrons. The van der Waals surface area contributed by atoms with Gasteiger partial charge in [-0.05, 0) is 43.2 Å². The maximum atomic E-state index is 14.5. The summed E-state index contributed by atoms with van der Waals surface area (Å²) in [5.41, 5.74) is -0.212. The minimum Gasteiger partial charge on any atom is -0.393 e. The van der Waals surface area contributed by atoms with Gasteiger partial charge >= 0.3 is 5.69 Å². The zero-order valence-corrected chi connectivity index (χ0v) is 17.2. The number of aliphatic hydroxyl groups excluding tert-OH is 1. The molecule has 10 heteroatoms. The Kier molecular flexibility index (Phi) is 6.19. The molecule has 1 aromatic heterocycles. The van der Waals surface area contributed by atoms with Gasteiger partial charge in [-0.15, -0.1) is 0 Å². The molecule has 0 spiro atoms. The zero-order chi connectivity index (χ0) is 21.8. The number of piperidine rings is 1. The van der Waals surface area contributed by atoms with Gasteiger partial charge in [0.25, 0.3) is 0 Å². The van der Waals surface area contributed by atoms with Crippen LogP contribution >= 0.6 is 0 Å². The first-order chi connectivity index (χ1) is 15.0. The van der Waals surface area contributed by atoms with Gasteiger partial charge in [0.05, 0.1) is 31.3 Å². The minimum absolute atomic E-state index is 0.109. The Morgan fingerprint density at radius 2 is 1.90 bits per heavy atom. The molecule has 0 saturated carbocycles. The molecule has 2 fully saturated rings. The second kappa shape index (κ2) is 9.03. The normalized spacial score (nSPS) is 21.7.